The molecule has 4 atom stereocenters. The molecule has 2 saturated heterocycles. The van der Waals surface area contributed by atoms with Crippen LogP contribution < -0.4 is 0 Å². The second kappa shape index (κ2) is 5.89. The molecule has 0 bridgehead atoms. The van der Waals surface area contributed by atoms with Crippen molar-refractivity contribution in [3.8, 4) is 0 Å². The molecule has 0 radical (unpaired) electrons. The first-order valence-corrected chi connectivity index (χ1v) is 8.88. The second-order valence-corrected chi connectivity index (χ2v) is 7.47. The van der Waals surface area contributed by atoms with Crippen molar-refractivity contribution in [1.29, 1.82) is 0 Å². The Morgan fingerprint density at radius 3 is 2.83 bits per heavy atom. The highest BCUT2D eigenvalue weighted by Crippen LogP contribution is 2.50. The second-order valence-electron chi connectivity index (χ2n) is 7.47. The van der Waals surface area contributed by atoms with Gasteiger partial charge in [0.1, 0.15) is 12.2 Å². The summed E-state index contributed by atoms with van der Waals surface area (Å²) in [5.74, 6) is -0.0569. The Balaban J connectivity index is 1.67. The van der Waals surface area contributed by atoms with Crippen LogP contribution in [0, 0.1) is 5.92 Å². The molecule has 3 aliphatic rings. The van der Waals surface area contributed by atoms with Crippen LogP contribution in [0.5, 0.6) is 0 Å². The summed E-state index contributed by atoms with van der Waals surface area (Å²) in [4.78, 5) is 12.5. The van der Waals surface area contributed by atoms with E-state index in [1.165, 1.54) is 5.57 Å². The van der Waals surface area contributed by atoms with Gasteiger partial charge in [-0.15, -0.1) is 0 Å². The van der Waals surface area contributed by atoms with E-state index in [0.717, 1.165) is 36.8 Å². The first-order valence-electron chi connectivity index (χ1n) is 8.88. The van der Waals surface area contributed by atoms with Crippen molar-refractivity contribution in [2.45, 2.75) is 57.3 Å². The van der Waals surface area contributed by atoms with E-state index in [0.29, 0.717) is 0 Å². The summed E-state index contributed by atoms with van der Waals surface area (Å²) in [6.07, 6.45) is 8.20. The molecule has 3 heteroatoms. The molecule has 2 fully saturated rings. The van der Waals surface area contributed by atoms with Gasteiger partial charge in [-0.05, 0) is 51.2 Å². The Kier molecular flexibility index (Phi) is 3.84. The van der Waals surface area contributed by atoms with Gasteiger partial charge in [-0.25, -0.2) is 4.79 Å². The molecule has 0 spiro atoms. The third kappa shape index (κ3) is 2.82. The van der Waals surface area contributed by atoms with Crippen molar-refractivity contribution in [1.82, 2.24) is 0 Å². The van der Waals surface area contributed by atoms with Crippen LogP contribution in [0.25, 0.3) is 6.08 Å². The molecule has 0 amide bonds. The summed E-state index contributed by atoms with van der Waals surface area (Å²) in [7, 11) is 0. The SMILES string of the molecule is C/C1=C\CC[C@@]2(C)O[C@H]2[C@H]2OC(=O)/C(=C/c3ccccc3)[C@@H]2CC1. The number of hydrogen-bond acceptors (Lipinski definition) is 3. The van der Waals surface area contributed by atoms with Crippen molar-refractivity contribution in [3.05, 3.63) is 53.1 Å². The van der Waals surface area contributed by atoms with Gasteiger partial charge in [-0.3, -0.25) is 0 Å². The van der Waals surface area contributed by atoms with Crippen LogP contribution in [0.15, 0.2) is 47.6 Å². The molecule has 126 valence electrons. The number of esters is 1. The summed E-state index contributed by atoms with van der Waals surface area (Å²) >= 11 is 0. The van der Waals surface area contributed by atoms with Gasteiger partial charge in [-0.2, -0.15) is 0 Å². The predicted molar refractivity (Wildman–Crippen MR) is 93.3 cm³/mol. The average Bonchev–Trinajstić information content (AvgIpc) is 3.14. The van der Waals surface area contributed by atoms with Crippen molar-refractivity contribution >= 4 is 12.0 Å². The molecule has 4 rings (SSSR count). The fourth-order valence-corrected chi connectivity index (χ4v) is 4.05. The lowest BCUT2D eigenvalue weighted by Gasteiger charge is -2.19. The normalized spacial score (nSPS) is 39.4. The number of rotatable bonds is 1. The quantitative estimate of drug-likeness (QED) is 0.335. The highest BCUT2D eigenvalue weighted by Gasteiger charge is 2.61. The zero-order chi connectivity index (χ0) is 16.7. The summed E-state index contributed by atoms with van der Waals surface area (Å²) in [6.45, 7) is 4.33. The van der Waals surface area contributed by atoms with E-state index >= 15 is 0 Å². The first kappa shape index (κ1) is 15.6. The molecule has 1 aliphatic carbocycles. The van der Waals surface area contributed by atoms with Crippen LogP contribution in [0.3, 0.4) is 0 Å². The number of benzene rings is 1. The molecule has 24 heavy (non-hydrogen) atoms. The van der Waals surface area contributed by atoms with Crippen LogP contribution in [0.4, 0.5) is 0 Å². The number of carbonyl (C=O) groups excluding carboxylic acids is 1. The minimum Gasteiger partial charge on any atom is -0.455 e. The van der Waals surface area contributed by atoms with Crippen LogP contribution in [-0.2, 0) is 14.3 Å². The Morgan fingerprint density at radius 1 is 1.25 bits per heavy atom. The maximum absolute atomic E-state index is 12.5. The smallest absolute Gasteiger partial charge is 0.334 e. The Morgan fingerprint density at radius 2 is 2.04 bits per heavy atom. The van der Waals surface area contributed by atoms with E-state index in [1.807, 2.05) is 36.4 Å². The summed E-state index contributed by atoms with van der Waals surface area (Å²) in [5, 5.41) is 0. The van der Waals surface area contributed by atoms with E-state index in [9.17, 15) is 4.79 Å². The largest absolute Gasteiger partial charge is 0.455 e. The maximum atomic E-state index is 12.5. The summed E-state index contributed by atoms with van der Waals surface area (Å²) in [6, 6.07) is 10.0. The van der Waals surface area contributed by atoms with Crippen LogP contribution in [-0.4, -0.2) is 23.8 Å². The summed E-state index contributed by atoms with van der Waals surface area (Å²) in [5.41, 5.74) is 3.11. The highest BCUT2D eigenvalue weighted by atomic mass is 16.6. The van der Waals surface area contributed by atoms with Crippen molar-refractivity contribution < 1.29 is 14.3 Å². The van der Waals surface area contributed by atoms with Crippen molar-refractivity contribution in [2.75, 3.05) is 0 Å². The van der Waals surface area contributed by atoms with E-state index < -0.39 is 0 Å². The van der Waals surface area contributed by atoms with Crippen LogP contribution >= 0.6 is 0 Å². The molecule has 0 unspecified atom stereocenters. The fraction of sp³-hybridized carbons (Fsp3) is 0.476. The van der Waals surface area contributed by atoms with E-state index in [4.69, 9.17) is 9.47 Å². The molecule has 2 heterocycles. The Hall–Kier alpha value is -1.87. The highest BCUT2D eigenvalue weighted by molar-refractivity contribution is 5.96. The van der Waals surface area contributed by atoms with E-state index in [-0.39, 0.29) is 29.7 Å². The predicted octanol–water partition coefficient (Wildman–Crippen LogP) is 4.29. The minimum atomic E-state index is -0.174. The van der Waals surface area contributed by atoms with E-state index in [1.54, 1.807) is 0 Å². The molecule has 2 aliphatic heterocycles. The zero-order valence-electron chi connectivity index (χ0n) is 14.3. The molecule has 0 aromatic heterocycles. The number of ether oxygens (including phenoxy) is 2. The van der Waals surface area contributed by atoms with Gasteiger partial charge >= 0.3 is 5.97 Å². The monoisotopic (exact) mass is 324 g/mol. The number of epoxide rings is 1. The first-order chi connectivity index (χ1) is 11.6. The van der Waals surface area contributed by atoms with Gasteiger partial charge in [0, 0.05) is 11.5 Å². The van der Waals surface area contributed by atoms with Gasteiger partial charge in [0.05, 0.1) is 5.60 Å². The number of carbonyl (C=O) groups is 1. The molecule has 1 aromatic carbocycles. The molecule has 3 nitrogen and oxygen atoms in total. The average molecular weight is 324 g/mol. The third-order valence-corrected chi connectivity index (χ3v) is 5.62. The zero-order valence-corrected chi connectivity index (χ0v) is 14.3. The van der Waals surface area contributed by atoms with Gasteiger partial charge in [0.2, 0.25) is 0 Å². The number of fused-ring (bicyclic) bond motifs is 3. The number of allylic oxidation sites excluding steroid dienone is 2. The Bertz CT molecular complexity index is 703. The van der Waals surface area contributed by atoms with E-state index in [2.05, 4.69) is 19.9 Å². The molecule has 0 saturated carbocycles. The molecular formula is C21H24O3. The lowest BCUT2D eigenvalue weighted by Crippen LogP contribution is -2.28. The number of hydrogen-bond donors (Lipinski definition) is 0. The fourth-order valence-electron chi connectivity index (χ4n) is 4.05. The minimum absolute atomic E-state index is 0.0416. The van der Waals surface area contributed by atoms with Gasteiger partial charge in [-0.1, -0.05) is 42.0 Å². The third-order valence-electron chi connectivity index (χ3n) is 5.62. The lowest BCUT2D eigenvalue weighted by molar-refractivity contribution is -0.139. The molecule has 1 aromatic rings. The lowest BCUT2D eigenvalue weighted by atomic mass is 9.83. The topological polar surface area (TPSA) is 38.8 Å². The Labute approximate surface area is 143 Å². The maximum Gasteiger partial charge on any atom is 0.334 e. The van der Waals surface area contributed by atoms with Gasteiger partial charge in [0.15, 0.2) is 0 Å². The standard InChI is InChI=1S/C21H24O3/c1-14-7-6-12-21(2)19(24-21)18-16(11-10-14)17(20(22)23-18)13-15-8-4-3-5-9-15/h3-5,7-9,13,16,18-19H,6,10-12H2,1-2H3/b14-7+,17-13+/t16-,18-,19-,21+/m0/s1. The van der Waals surface area contributed by atoms with Gasteiger partial charge < -0.3 is 9.47 Å². The summed E-state index contributed by atoms with van der Waals surface area (Å²) < 4.78 is 11.8. The van der Waals surface area contributed by atoms with Crippen LogP contribution in [0.2, 0.25) is 0 Å². The van der Waals surface area contributed by atoms with Crippen LogP contribution in [0.1, 0.15) is 45.1 Å². The van der Waals surface area contributed by atoms with Gasteiger partial charge in [0.25, 0.3) is 0 Å². The molecular weight excluding hydrogens is 300 g/mol. The van der Waals surface area contributed by atoms with Crippen molar-refractivity contribution in [2.24, 2.45) is 5.92 Å². The van der Waals surface area contributed by atoms with Crippen molar-refractivity contribution in [3.63, 3.8) is 0 Å². The molecule has 0 N–H and O–H groups in total.